The van der Waals surface area contributed by atoms with Crippen LogP contribution in [0.2, 0.25) is 5.22 Å². The van der Waals surface area contributed by atoms with Crippen molar-refractivity contribution in [2.75, 3.05) is 26.2 Å². The molecule has 0 spiro atoms. The SMILES string of the molecule is O=C(O)C1CCCN(C2CCN(Cc3ccc(Cl)o3)CC2)C1. The van der Waals surface area contributed by atoms with E-state index >= 15 is 0 Å². The van der Waals surface area contributed by atoms with Crippen molar-refractivity contribution in [2.45, 2.75) is 38.3 Å². The van der Waals surface area contributed by atoms with E-state index in [1.54, 1.807) is 6.07 Å². The van der Waals surface area contributed by atoms with Crippen molar-refractivity contribution >= 4 is 17.6 Å². The number of hydrogen-bond donors (Lipinski definition) is 1. The van der Waals surface area contributed by atoms with Gasteiger partial charge in [-0.25, -0.2) is 0 Å². The normalized spacial score (nSPS) is 25.4. The molecule has 1 aromatic rings. The van der Waals surface area contributed by atoms with Gasteiger partial charge in [-0.2, -0.15) is 0 Å². The summed E-state index contributed by atoms with van der Waals surface area (Å²) >= 11 is 5.80. The highest BCUT2D eigenvalue weighted by atomic mass is 35.5. The predicted molar refractivity (Wildman–Crippen MR) is 83.9 cm³/mol. The first kappa shape index (κ1) is 15.8. The molecule has 1 atom stereocenters. The summed E-state index contributed by atoms with van der Waals surface area (Å²) in [5, 5.41) is 9.65. The van der Waals surface area contributed by atoms with E-state index in [0.29, 0.717) is 17.8 Å². The van der Waals surface area contributed by atoms with Crippen LogP contribution in [0.15, 0.2) is 16.5 Å². The standard InChI is InChI=1S/C16H23ClN2O3/c17-15-4-3-14(22-15)11-18-8-5-13(6-9-18)19-7-1-2-12(10-19)16(20)21/h3-4,12-13H,1-2,5-11H2,(H,20,21). The maximum absolute atomic E-state index is 11.2. The smallest absolute Gasteiger partial charge is 0.307 e. The van der Waals surface area contributed by atoms with Crippen LogP contribution in [-0.4, -0.2) is 53.1 Å². The zero-order chi connectivity index (χ0) is 15.5. The third kappa shape index (κ3) is 3.83. The molecule has 0 aliphatic carbocycles. The summed E-state index contributed by atoms with van der Waals surface area (Å²) in [4.78, 5) is 16.0. The van der Waals surface area contributed by atoms with Crippen LogP contribution in [-0.2, 0) is 11.3 Å². The summed E-state index contributed by atoms with van der Waals surface area (Å²) in [5.74, 6) is 0.0845. The summed E-state index contributed by atoms with van der Waals surface area (Å²) in [6.07, 6.45) is 4.02. The van der Waals surface area contributed by atoms with Crippen LogP contribution >= 0.6 is 11.6 Å². The van der Waals surface area contributed by atoms with Gasteiger partial charge in [0.05, 0.1) is 12.5 Å². The second-order valence-corrected chi connectivity index (χ2v) is 6.76. The highest BCUT2D eigenvalue weighted by molar-refractivity contribution is 6.28. The maximum Gasteiger partial charge on any atom is 0.307 e. The Hall–Kier alpha value is -1.04. The van der Waals surface area contributed by atoms with E-state index in [9.17, 15) is 9.90 Å². The van der Waals surface area contributed by atoms with E-state index in [1.807, 2.05) is 6.07 Å². The lowest BCUT2D eigenvalue weighted by Gasteiger charge is -2.41. The molecule has 6 heteroatoms. The number of carboxylic acids is 1. The number of nitrogens with zero attached hydrogens (tertiary/aromatic N) is 2. The molecule has 1 aromatic heterocycles. The minimum absolute atomic E-state index is 0.183. The molecule has 0 amide bonds. The summed E-state index contributed by atoms with van der Waals surface area (Å²) in [6.45, 7) is 4.61. The van der Waals surface area contributed by atoms with E-state index in [4.69, 9.17) is 16.0 Å². The number of carboxylic acid groups (broad SMARTS) is 1. The topological polar surface area (TPSA) is 56.9 Å². The molecule has 0 radical (unpaired) electrons. The molecule has 1 unspecified atom stereocenters. The van der Waals surface area contributed by atoms with Crippen molar-refractivity contribution in [2.24, 2.45) is 5.92 Å². The second kappa shape index (κ2) is 7.02. The van der Waals surface area contributed by atoms with E-state index in [1.165, 1.54) is 0 Å². The maximum atomic E-state index is 11.2. The molecule has 0 saturated carbocycles. The Bertz CT molecular complexity index is 511. The van der Waals surface area contributed by atoms with Crippen molar-refractivity contribution in [1.29, 1.82) is 0 Å². The van der Waals surface area contributed by atoms with Gasteiger partial charge in [0.1, 0.15) is 5.76 Å². The zero-order valence-corrected chi connectivity index (χ0v) is 13.5. The minimum atomic E-state index is -0.642. The number of rotatable bonds is 4. The van der Waals surface area contributed by atoms with E-state index in [2.05, 4.69) is 9.80 Å². The van der Waals surface area contributed by atoms with E-state index in [-0.39, 0.29) is 5.92 Å². The van der Waals surface area contributed by atoms with Crippen LogP contribution in [0.5, 0.6) is 0 Å². The van der Waals surface area contributed by atoms with Crippen molar-refractivity contribution in [3.05, 3.63) is 23.1 Å². The first-order chi connectivity index (χ1) is 10.6. The molecule has 5 nitrogen and oxygen atoms in total. The average Bonchev–Trinajstić information content (AvgIpc) is 2.93. The second-order valence-electron chi connectivity index (χ2n) is 6.39. The highest BCUT2D eigenvalue weighted by Crippen LogP contribution is 2.25. The fourth-order valence-electron chi connectivity index (χ4n) is 3.64. The number of halogens is 1. The third-order valence-corrected chi connectivity index (χ3v) is 5.09. The van der Waals surface area contributed by atoms with Crippen LogP contribution in [0, 0.1) is 5.92 Å². The van der Waals surface area contributed by atoms with Crippen molar-refractivity contribution in [3.63, 3.8) is 0 Å². The molecule has 0 bridgehead atoms. The molecular weight excluding hydrogens is 304 g/mol. The quantitative estimate of drug-likeness (QED) is 0.922. The number of furan rings is 1. The summed E-state index contributed by atoms with van der Waals surface area (Å²) in [5.41, 5.74) is 0. The monoisotopic (exact) mass is 326 g/mol. The lowest BCUT2D eigenvalue weighted by Crippen LogP contribution is -2.49. The molecule has 2 aliphatic rings. The van der Waals surface area contributed by atoms with Gasteiger partial charge in [-0.15, -0.1) is 0 Å². The van der Waals surface area contributed by atoms with Crippen molar-refractivity contribution in [3.8, 4) is 0 Å². The number of likely N-dealkylation sites (tertiary alicyclic amines) is 2. The molecule has 1 N–H and O–H groups in total. The molecular formula is C16H23ClN2O3. The highest BCUT2D eigenvalue weighted by Gasteiger charge is 2.31. The number of aliphatic carboxylic acids is 1. The van der Waals surface area contributed by atoms with Crippen LogP contribution < -0.4 is 0 Å². The van der Waals surface area contributed by atoms with Crippen LogP contribution in [0.25, 0.3) is 0 Å². The first-order valence-electron chi connectivity index (χ1n) is 8.05. The summed E-state index contributed by atoms with van der Waals surface area (Å²) in [6, 6.07) is 4.23. The van der Waals surface area contributed by atoms with Crippen LogP contribution in [0.4, 0.5) is 0 Å². The molecule has 22 heavy (non-hydrogen) atoms. The molecule has 3 heterocycles. The molecule has 2 saturated heterocycles. The Morgan fingerprint density at radius 3 is 2.68 bits per heavy atom. The Morgan fingerprint density at radius 2 is 2.05 bits per heavy atom. The minimum Gasteiger partial charge on any atom is -0.481 e. The number of carbonyl (C=O) groups is 1. The first-order valence-corrected chi connectivity index (χ1v) is 8.43. The molecule has 3 rings (SSSR count). The number of hydrogen-bond acceptors (Lipinski definition) is 4. The predicted octanol–water partition coefficient (Wildman–Crippen LogP) is 2.69. The Kier molecular flexibility index (Phi) is 5.06. The largest absolute Gasteiger partial charge is 0.481 e. The van der Waals surface area contributed by atoms with Crippen molar-refractivity contribution < 1.29 is 14.3 Å². The molecule has 0 aromatic carbocycles. The fraction of sp³-hybridized carbons (Fsp3) is 0.688. The number of piperidine rings is 2. The van der Waals surface area contributed by atoms with Gasteiger partial charge in [0, 0.05) is 25.7 Å². The van der Waals surface area contributed by atoms with Gasteiger partial charge >= 0.3 is 5.97 Å². The van der Waals surface area contributed by atoms with Gasteiger partial charge in [0.2, 0.25) is 0 Å². The lowest BCUT2D eigenvalue weighted by atomic mass is 9.94. The van der Waals surface area contributed by atoms with Gasteiger partial charge < -0.3 is 9.52 Å². The Balaban J connectivity index is 1.48. The van der Waals surface area contributed by atoms with Crippen LogP contribution in [0.1, 0.15) is 31.4 Å². The summed E-state index contributed by atoms with van der Waals surface area (Å²) in [7, 11) is 0. The molecule has 2 fully saturated rings. The van der Waals surface area contributed by atoms with E-state index < -0.39 is 5.97 Å². The van der Waals surface area contributed by atoms with Gasteiger partial charge in [0.15, 0.2) is 5.22 Å². The van der Waals surface area contributed by atoms with Crippen molar-refractivity contribution in [1.82, 2.24) is 9.80 Å². The average molecular weight is 327 g/mol. The van der Waals surface area contributed by atoms with Gasteiger partial charge in [-0.1, -0.05) is 0 Å². The van der Waals surface area contributed by atoms with Gasteiger partial charge in [-0.05, 0) is 56.0 Å². The summed E-state index contributed by atoms with van der Waals surface area (Å²) < 4.78 is 5.42. The Labute approximate surface area is 135 Å². The van der Waals surface area contributed by atoms with Gasteiger partial charge in [0.25, 0.3) is 0 Å². The Morgan fingerprint density at radius 1 is 1.27 bits per heavy atom. The fourth-order valence-corrected chi connectivity index (χ4v) is 3.80. The molecule has 122 valence electrons. The van der Waals surface area contributed by atoms with Gasteiger partial charge in [-0.3, -0.25) is 14.6 Å². The zero-order valence-electron chi connectivity index (χ0n) is 12.7. The van der Waals surface area contributed by atoms with E-state index in [0.717, 1.165) is 57.6 Å². The van der Waals surface area contributed by atoms with Crippen LogP contribution in [0.3, 0.4) is 0 Å². The third-order valence-electron chi connectivity index (χ3n) is 4.88. The molecule has 2 aliphatic heterocycles. The lowest BCUT2D eigenvalue weighted by molar-refractivity contribution is -0.144.